The molecule has 2 saturated carbocycles. The van der Waals surface area contributed by atoms with Crippen LogP contribution in [0, 0.1) is 5.92 Å². The van der Waals surface area contributed by atoms with Crippen LogP contribution in [0.4, 0.5) is 4.79 Å². The van der Waals surface area contributed by atoms with Crippen molar-refractivity contribution in [2.24, 2.45) is 5.92 Å². The second kappa shape index (κ2) is 6.60. The maximum absolute atomic E-state index is 12.5. The summed E-state index contributed by atoms with van der Waals surface area (Å²) in [7, 11) is 2.23. The van der Waals surface area contributed by atoms with Crippen molar-refractivity contribution in [2.45, 2.75) is 63.1 Å². The Morgan fingerprint density at radius 1 is 1.09 bits per heavy atom. The predicted molar refractivity (Wildman–Crippen MR) is 91.5 cm³/mol. The molecule has 5 nitrogen and oxygen atoms in total. The van der Waals surface area contributed by atoms with Gasteiger partial charge >= 0.3 is 6.03 Å². The number of fused-ring (bicyclic) bond motifs is 2. The molecule has 2 heterocycles. The Bertz CT molecular complexity index is 435. The highest BCUT2D eigenvalue weighted by molar-refractivity contribution is 5.74. The maximum Gasteiger partial charge on any atom is 0.317 e. The van der Waals surface area contributed by atoms with Crippen LogP contribution in [0.15, 0.2) is 0 Å². The van der Waals surface area contributed by atoms with Gasteiger partial charge in [-0.15, -0.1) is 0 Å². The summed E-state index contributed by atoms with van der Waals surface area (Å²) < 4.78 is 0. The topological polar surface area (TPSA) is 38.8 Å². The molecule has 2 saturated heterocycles. The molecule has 130 valence electrons. The van der Waals surface area contributed by atoms with Crippen LogP contribution in [0.25, 0.3) is 0 Å². The maximum atomic E-state index is 12.5. The molecule has 0 spiro atoms. The summed E-state index contributed by atoms with van der Waals surface area (Å²) in [4.78, 5) is 19.7. The molecule has 2 bridgehead atoms. The van der Waals surface area contributed by atoms with E-state index >= 15 is 0 Å². The Hall–Kier alpha value is -0.810. The van der Waals surface area contributed by atoms with Crippen LogP contribution in [0.2, 0.25) is 0 Å². The fraction of sp³-hybridized carbons (Fsp3) is 0.944. The standard InChI is InChI=1S/C18H32N4O/c1-20-15-4-7-17(20)13-22(10-8-15)18(23)19-9-11-21(16-5-6-16)12-14-2-3-14/h14-17H,2-13H2,1H3,(H,19,23)/t15-,17-/m0/s1. The number of hydrogen-bond donors (Lipinski definition) is 1. The van der Waals surface area contributed by atoms with Crippen molar-refractivity contribution in [3.63, 3.8) is 0 Å². The average Bonchev–Trinajstić information content (AvgIpc) is 3.39. The Morgan fingerprint density at radius 3 is 2.61 bits per heavy atom. The highest BCUT2D eigenvalue weighted by Gasteiger charge is 2.36. The molecule has 2 amide bonds. The molecular formula is C18H32N4O. The molecule has 4 fully saturated rings. The van der Waals surface area contributed by atoms with Crippen LogP contribution in [0.1, 0.15) is 44.9 Å². The van der Waals surface area contributed by atoms with E-state index in [1.54, 1.807) is 0 Å². The van der Waals surface area contributed by atoms with Gasteiger partial charge in [-0.1, -0.05) is 0 Å². The first-order valence-corrected chi connectivity index (χ1v) is 9.69. The zero-order chi connectivity index (χ0) is 15.8. The van der Waals surface area contributed by atoms with Crippen LogP contribution in [-0.2, 0) is 0 Å². The minimum Gasteiger partial charge on any atom is -0.337 e. The smallest absolute Gasteiger partial charge is 0.317 e. The van der Waals surface area contributed by atoms with Crippen LogP contribution < -0.4 is 5.32 Å². The lowest BCUT2D eigenvalue weighted by molar-refractivity contribution is 0.184. The third kappa shape index (κ3) is 3.82. The van der Waals surface area contributed by atoms with Gasteiger partial charge in [-0.2, -0.15) is 0 Å². The Morgan fingerprint density at radius 2 is 1.87 bits per heavy atom. The number of likely N-dealkylation sites (tertiary alicyclic amines) is 1. The summed E-state index contributed by atoms with van der Waals surface area (Å²) in [5, 5.41) is 3.19. The van der Waals surface area contributed by atoms with E-state index in [4.69, 9.17) is 0 Å². The summed E-state index contributed by atoms with van der Waals surface area (Å²) in [5.41, 5.74) is 0. The number of urea groups is 1. The molecule has 4 aliphatic rings. The Labute approximate surface area is 140 Å². The van der Waals surface area contributed by atoms with Gasteiger partial charge in [0.05, 0.1) is 0 Å². The van der Waals surface area contributed by atoms with E-state index in [0.717, 1.165) is 44.6 Å². The van der Waals surface area contributed by atoms with E-state index in [1.807, 2.05) is 0 Å². The SMILES string of the molecule is CN1[C@H]2CC[C@H]1CN(C(=O)NCCN(CC1CC1)C1CC1)CC2. The molecule has 2 aliphatic heterocycles. The van der Waals surface area contributed by atoms with E-state index < -0.39 is 0 Å². The summed E-state index contributed by atoms with van der Waals surface area (Å²) >= 11 is 0. The van der Waals surface area contributed by atoms with Crippen molar-refractivity contribution in [3.05, 3.63) is 0 Å². The van der Waals surface area contributed by atoms with E-state index in [1.165, 1.54) is 45.1 Å². The first kappa shape index (κ1) is 15.7. The first-order valence-electron chi connectivity index (χ1n) is 9.69. The zero-order valence-electron chi connectivity index (χ0n) is 14.5. The van der Waals surface area contributed by atoms with Gasteiger partial charge in [0.25, 0.3) is 0 Å². The lowest BCUT2D eigenvalue weighted by Gasteiger charge is -2.27. The third-order valence-electron chi connectivity index (χ3n) is 6.36. The van der Waals surface area contributed by atoms with Gasteiger partial charge in [0.1, 0.15) is 0 Å². The number of rotatable bonds is 6. The van der Waals surface area contributed by atoms with Crippen molar-refractivity contribution in [3.8, 4) is 0 Å². The van der Waals surface area contributed by atoms with Crippen molar-refractivity contribution in [1.29, 1.82) is 0 Å². The molecule has 0 unspecified atom stereocenters. The van der Waals surface area contributed by atoms with Gasteiger partial charge in [0, 0.05) is 50.8 Å². The molecule has 5 heteroatoms. The number of nitrogens with one attached hydrogen (secondary N) is 1. The summed E-state index contributed by atoms with van der Waals surface area (Å²) in [6, 6.07) is 2.25. The van der Waals surface area contributed by atoms with Crippen LogP contribution in [-0.4, -0.2) is 78.6 Å². The molecule has 0 aromatic carbocycles. The molecule has 1 N–H and O–H groups in total. The molecule has 0 aromatic heterocycles. The highest BCUT2D eigenvalue weighted by atomic mass is 16.2. The number of nitrogens with zero attached hydrogens (tertiary/aromatic N) is 3. The minimum absolute atomic E-state index is 0.160. The van der Waals surface area contributed by atoms with Crippen molar-refractivity contribution in [1.82, 2.24) is 20.0 Å². The Balaban J connectivity index is 1.21. The normalized spacial score (nSPS) is 31.5. The minimum atomic E-state index is 0.160. The average molecular weight is 320 g/mol. The van der Waals surface area contributed by atoms with E-state index in [2.05, 4.69) is 27.1 Å². The molecule has 4 rings (SSSR count). The largest absolute Gasteiger partial charge is 0.337 e. The van der Waals surface area contributed by atoms with Gasteiger partial charge in [-0.3, -0.25) is 9.80 Å². The molecule has 2 aliphatic carbocycles. The lowest BCUT2D eigenvalue weighted by Crippen LogP contribution is -2.46. The van der Waals surface area contributed by atoms with Crippen molar-refractivity contribution < 1.29 is 4.79 Å². The zero-order valence-corrected chi connectivity index (χ0v) is 14.5. The van der Waals surface area contributed by atoms with Gasteiger partial charge in [0.2, 0.25) is 0 Å². The molecular weight excluding hydrogens is 288 g/mol. The Kier molecular flexibility index (Phi) is 4.50. The molecule has 0 aromatic rings. The second-order valence-corrected chi connectivity index (χ2v) is 8.19. The number of hydrogen-bond acceptors (Lipinski definition) is 3. The monoisotopic (exact) mass is 320 g/mol. The van der Waals surface area contributed by atoms with Crippen molar-refractivity contribution in [2.75, 3.05) is 39.8 Å². The number of carbonyl (C=O) groups is 1. The van der Waals surface area contributed by atoms with Crippen LogP contribution >= 0.6 is 0 Å². The fourth-order valence-electron chi connectivity index (χ4n) is 4.41. The van der Waals surface area contributed by atoms with E-state index in [-0.39, 0.29) is 6.03 Å². The van der Waals surface area contributed by atoms with Gasteiger partial charge < -0.3 is 10.2 Å². The summed E-state index contributed by atoms with van der Waals surface area (Å²) in [6.07, 6.45) is 9.26. The summed E-state index contributed by atoms with van der Waals surface area (Å²) in [5.74, 6) is 0.947. The van der Waals surface area contributed by atoms with Crippen LogP contribution in [0.3, 0.4) is 0 Å². The highest BCUT2D eigenvalue weighted by Crippen LogP contribution is 2.34. The van der Waals surface area contributed by atoms with Gasteiger partial charge in [-0.25, -0.2) is 4.79 Å². The van der Waals surface area contributed by atoms with E-state index in [9.17, 15) is 4.79 Å². The molecule has 2 atom stereocenters. The van der Waals surface area contributed by atoms with Gasteiger partial charge in [0.15, 0.2) is 0 Å². The van der Waals surface area contributed by atoms with Crippen molar-refractivity contribution >= 4 is 6.03 Å². The number of amides is 2. The van der Waals surface area contributed by atoms with E-state index in [0.29, 0.717) is 12.1 Å². The first-order chi connectivity index (χ1) is 11.2. The second-order valence-electron chi connectivity index (χ2n) is 8.19. The fourth-order valence-corrected chi connectivity index (χ4v) is 4.41. The molecule has 0 radical (unpaired) electrons. The van der Waals surface area contributed by atoms with Gasteiger partial charge in [-0.05, 0) is 57.9 Å². The molecule has 23 heavy (non-hydrogen) atoms. The summed E-state index contributed by atoms with van der Waals surface area (Å²) in [6.45, 7) is 4.94. The third-order valence-corrected chi connectivity index (χ3v) is 6.36. The lowest BCUT2D eigenvalue weighted by atomic mass is 10.1. The number of likely N-dealkylation sites (N-methyl/N-ethyl adjacent to an activating group) is 1. The predicted octanol–water partition coefficient (Wildman–Crippen LogP) is 1.74. The van der Waals surface area contributed by atoms with Crippen LogP contribution in [0.5, 0.6) is 0 Å². The number of carbonyl (C=O) groups excluding carboxylic acids is 1. The quantitative estimate of drug-likeness (QED) is 0.810.